The standard InChI is InChI=1S/C12H17ClN2O2/c1-7-5-9(13)3-4-10(7)12(17)15-6-11(14)8(2)16/h3-5,8,11,16H,6,14H2,1-2H3,(H,15,17). The number of halogens is 1. The molecule has 0 saturated heterocycles. The Hall–Kier alpha value is -1.10. The van der Waals surface area contributed by atoms with E-state index in [4.69, 9.17) is 17.3 Å². The molecule has 0 aromatic heterocycles. The molecule has 1 amide bonds. The zero-order chi connectivity index (χ0) is 13.0. The second kappa shape index (κ2) is 6.00. The van der Waals surface area contributed by atoms with Gasteiger partial charge < -0.3 is 16.2 Å². The minimum Gasteiger partial charge on any atom is -0.392 e. The largest absolute Gasteiger partial charge is 0.392 e. The van der Waals surface area contributed by atoms with Gasteiger partial charge in [-0.3, -0.25) is 4.79 Å². The van der Waals surface area contributed by atoms with Crippen LogP contribution in [-0.2, 0) is 0 Å². The Morgan fingerprint density at radius 2 is 2.24 bits per heavy atom. The van der Waals surface area contributed by atoms with Gasteiger partial charge in [-0.2, -0.15) is 0 Å². The number of carbonyl (C=O) groups is 1. The van der Waals surface area contributed by atoms with Crippen molar-refractivity contribution in [2.75, 3.05) is 6.54 Å². The molecule has 5 heteroatoms. The average Bonchev–Trinajstić information content (AvgIpc) is 2.25. The van der Waals surface area contributed by atoms with Crippen molar-refractivity contribution >= 4 is 17.5 Å². The predicted molar refractivity (Wildman–Crippen MR) is 68.2 cm³/mol. The molecule has 0 heterocycles. The van der Waals surface area contributed by atoms with E-state index in [1.165, 1.54) is 0 Å². The zero-order valence-electron chi connectivity index (χ0n) is 9.90. The van der Waals surface area contributed by atoms with Gasteiger partial charge in [0.2, 0.25) is 0 Å². The summed E-state index contributed by atoms with van der Waals surface area (Å²) in [6, 6.07) is 4.59. The number of aryl methyl sites for hydroxylation is 1. The van der Waals surface area contributed by atoms with Gasteiger partial charge in [-0.25, -0.2) is 0 Å². The Bertz CT molecular complexity index is 407. The summed E-state index contributed by atoms with van der Waals surface area (Å²) in [6.45, 7) is 3.64. The third-order valence-electron chi connectivity index (χ3n) is 2.55. The topological polar surface area (TPSA) is 75.4 Å². The van der Waals surface area contributed by atoms with Crippen molar-refractivity contribution < 1.29 is 9.90 Å². The molecular formula is C12H17ClN2O2. The number of aliphatic hydroxyl groups is 1. The van der Waals surface area contributed by atoms with E-state index >= 15 is 0 Å². The summed E-state index contributed by atoms with van der Waals surface area (Å²) in [5.41, 5.74) is 6.99. The molecule has 4 nitrogen and oxygen atoms in total. The molecule has 2 unspecified atom stereocenters. The third-order valence-corrected chi connectivity index (χ3v) is 2.79. The highest BCUT2D eigenvalue weighted by Gasteiger charge is 2.13. The normalized spacial score (nSPS) is 14.2. The van der Waals surface area contributed by atoms with E-state index < -0.39 is 12.1 Å². The number of hydrogen-bond acceptors (Lipinski definition) is 3. The summed E-state index contributed by atoms with van der Waals surface area (Å²) < 4.78 is 0. The average molecular weight is 257 g/mol. The van der Waals surface area contributed by atoms with Gasteiger partial charge in [0.15, 0.2) is 0 Å². The van der Waals surface area contributed by atoms with Crippen molar-refractivity contribution in [2.24, 2.45) is 5.73 Å². The number of aliphatic hydroxyl groups excluding tert-OH is 1. The molecule has 0 bridgehead atoms. The molecule has 17 heavy (non-hydrogen) atoms. The molecule has 94 valence electrons. The van der Waals surface area contributed by atoms with Crippen molar-refractivity contribution in [1.82, 2.24) is 5.32 Å². The molecule has 1 aromatic rings. The molecule has 0 aliphatic heterocycles. The van der Waals surface area contributed by atoms with E-state index in [2.05, 4.69) is 5.32 Å². The monoisotopic (exact) mass is 256 g/mol. The van der Waals surface area contributed by atoms with Gasteiger partial charge in [-0.15, -0.1) is 0 Å². The fourth-order valence-electron chi connectivity index (χ4n) is 1.36. The van der Waals surface area contributed by atoms with E-state index in [-0.39, 0.29) is 12.5 Å². The first-order chi connectivity index (χ1) is 7.91. The molecule has 1 rings (SSSR count). The predicted octanol–water partition coefficient (Wildman–Crippen LogP) is 1.09. The summed E-state index contributed by atoms with van der Waals surface area (Å²) in [7, 11) is 0. The number of hydrogen-bond donors (Lipinski definition) is 3. The number of nitrogens with two attached hydrogens (primary N) is 1. The number of benzene rings is 1. The first-order valence-electron chi connectivity index (χ1n) is 5.40. The van der Waals surface area contributed by atoms with Crippen molar-refractivity contribution in [3.63, 3.8) is 0 Å². The maximum Gasteiger partial charge on any atom is 0.251 e. The van der Waals surface area contributed by atoms with Crippen LogP contribution < -0.4 is 11.1 Å². The molecule has 4 N–H and O–H groups in total. The number of rotatable bonds is 4. The zero-order valence-corrected chi connectivity index (χ0v) is 10.7. The van der Waals surface area contributed by atoms with Crippen LogP contribution in [0.15, 0.2) is 18.2 Å². The summed E-state index contributed by atoms with van der Waals surface area (Å²) in [5.74, 6) is -0.213. The van der Waals surface area contributed by atoms with Crippen LogP contribution in [0.5, 0.6) is 0 Å². The molecular weight excluding hydrogens is 240 g/mol. The molecule has 0 spiro atoms. The lowest BCUT2D eigenvalue weighted by atomic mass is 10.1. The Labute approximate surface area is 106 Å². The molecule has 1 aromatic carbocycles. The minimum atomic E-state index is -0.651. The summed E-state index contributed by atoms with van der Waals surface area (Å²) in [4.78, 5) is 11.8. The van der Waals surface area contributed by atoms with E-state index in [0.717, 1.165) is 5.56 Å². The molecule has 2 atom stereocenters. The first kappa shape index (κ1) is 14.0. The maximum atomic E-state index is 11.8. The van der Waals surface area contributed by atoms with Crippen molar-refractivity contribution in [3.05, 3.63) is 34.3 Å². The second-order valence-electron chi connectivity index (χ2n) is 4.07. The highest BCUT2D eigenvalue weighted by atomic mass is 35.5. The van der Waals surface area contributed by atoms with E-state index in [1.54, 1.807) is 25.1 Å². The van der Waals surface area contributed by atoms with Gasteiger partial charge in [0, 0.05) is 23.2 Å². The third kappa shape index (κ3) is 4.00. The van der Waals surface area contributed by atoms with Gasteiger partial charge >= 0.3 is 0 Å². The van der Waals surface area contributed by atoms with Gasteiger partial charge in [-0.1, -0.05) is 11.6 Å². The molecule has 0 saturated carbocycles. The Morgan fingerprint density at radius 1 is 1.59 bits per heavy atom. The fourth-order valence-corrected chi connectivity index (χ4v) is 1.58. The second-order valence-corrected chi connectivity index (χ2v) is 4.51. The van der Waals surface area contributed by atoms with Crippen LogP contribution in [0, 0.1) is 6.92 Å². The maximum absolute atomic E-state index is 11.8. The summed E-state index contributed by atoms with van der Waals surface area (Å²) >= 11 is 5.81. The smallest absolute Gasteiger partial charge is 0.251 e. The summed E-state index contributed by atoms with van der Waals surface area (Å²) in [5, 5.41) is 12.5. The van der Waals surface area contributed by atoms with Crippen LogP contribution in [0.4, 0.5) is 0 Å². The van der Waals surface area contributed by atoms with Crippen molar-refractivity contribution in [2.45, 2.75) is 26.0 Å². The molecule has 0 aliphatic carbocycles. The number of carbonyl (C=O) groups excluding carboxylic acids is 1. The minimum absolute atomic E-state index is 0.213. The lowest BCUT2D eigenvalue weighted by Crippen LogP contribution is -2.43. The van der Waals surface area contributed by atoms with Crippen LogP contribution in [0.25, 0.3) is 0 Å². The molecule has 0 radical (unpaired) electrons. The van der Waals surface area contributed by atoms with Crippen LogP contribution in [0.1, 0.15) is 22.8 Å². The first-order valence-corrected chi connectivity index (χ1v) is 5.77. The Balaban J connectivity index is 2.64. The summed E-state index contributed by atoms with van der Waals surface area (Å²) in [6.07, 6.45) is -0.651. The van der Waals surface area contributed by atoms with Crippen molar-refractivity contribution in [3.8, 4) is 0 Å². The van der Waals surface area contributed by atoms with Gasteiger partial charge in [0.05, 0.1) is 6.10 Å². The number of amides is 1. The van der Waals surface area contributed by atoms with Gasteiger partial charge in [-0.05, 0) is 37.6 Å². The van der Waals surface area contributed by atoms with Crippen LogP contribution in [0.3, 0.4) is 0 Å². The fraction of sp³-hybridized carbons (Fsp3) is 0.417. The van der Waals surface area contributed by atoms with Crippen LogP contribution in [0.2, 0.25) is 5.02 Å². The van der Waals surface area contributed by atoms with Crippen LogP contribution in [-0.4, -0.2) is 29.7 Å². The van der Waals surface area contributed by atoms with E-state index in [0.29, 0.717) is 10.6 Å². The van der Waals surface area contributed by atoms with E-state index in [9.17, 15) is 9.90 Å². The SMILES string of the molecule is Cc1cc(Cl)ccc1C(=O)NCC(N)C(C)O. The van der Waals surface area contributed by atoms with Crippen molar-refractivity contribution in [1.29, 1.82) is 0 Å². The van der Waals surface area contributed by atoms with Crippen LogP contribution >= 0.6 is 11.6 Å². The highest BCUT2D eigenvalue weighted by molar-refractivity contribution is 6.30. The molecule has 0 aliphatic rings. The van der Waals surface area contributed by atoms with Gasteiger partial charge in [0.25, 0.3) is 5.91 Å². The van der Waals surface area contributed by atoms with Gasteiger partial charge in [0.1, 0.15) is 0 Å². The lowest BCUT2D eigenvalue weighted by Gasteiger charge is -2.15. The Kier molecular flexibility index (Phi) is 4.93. The number of nitrogens with one attached hydrogen (secondary N) is 1. The molecule has 0 fully saturated rings. The Morgan fingerprint density at radius 3 is 2.76 bits per heavy atom. The van der Waals surface area contributed by atoms with E-state index in [1.807, 2.05) is 6.92 Å². The highest BCUT2D eigenvalue weighted by Crippen LogP contribution is 2.14. The lowest BCUT2D eigenvalue weighted by molar-refractivity contribution is 0.0937. The quantitative estimate of drug-likeness (QED) is 0.755.